The zero-order valence-electron chi connectivity index (χ0n) is 13.4. The molecule has 2 aromatic rings. The molecule has 2 aromatic heterocycles. The molecule has 1 amide bonds. The molecule has 2 fully saturated rings. The van der Waals surface area contributed by atoms with Crippen molar-refractivity contribution in [2.75, 3.05) is 16.8 Å². The van der Waals surface area contributed by atoms with E-state index < -0.39 is 5.41 Å². The zero-order chi connectivity index (χ0) is 16.7. The zero-order valence-corrected chi connectivity index (χ0v) is 13.4. The van der Waals surface area contributed by atoms with Gasteiger partial charge in [0.1, 0.15) is 11.2 Å². The molecule has 0 spiro atoms. The number of amides is 1. The van der Waals surface area contributed by atoms with Gasteiger partial charge in [0.05, 0.1) is 18.0 Å². The van der Waals surface area contributed by atoms with Crippen LogP contribution < -0.4 is 10.2 Å². The van der Waals surface area contributed by atoms with Crippen LogP contribution >= 0.6 is 0 Å². The highest BCUT2D eigenvalue weighted by atomic mass is 16.2. The molecule has 3 heterocycles. The summed E-state index contributed by atoms with van der Waals surface area (Å²) < 4.78 is 1.70. The second kappa shape index (κ2) is 5.34. The second-order valence-electron chi connectivity index (χ2n) is 6.49. The van der Waals surface area contributed by atoms with Crippen LogP contribution in [0.15, 0.2) is 30.7 Å². The lowest BCUT2D eigenvalue weighted by atomic mass is 9.83. The number of carbonyl (C=O) groups excluding carboxylic acids is 1. The smallest absolute Gasteiger partial charge is 0.247 e. The summed E-state index contributed by atoms with van der Waals surface area (Å²) in [6, 6.07) is 5.96. The molecule has 0 aromatic carbocycles. The number of pyridine rings is 1. The van der Waals surface area contributed by atoms with Crippen molar-refractivity contribution in [1.82, 2.24) is 14.8 Å². The van der Waals surface area contributed by atoms with Crippen molar-refractivity contribution in [2.24, 2.45) is 18.4 Å². The Balaban J connectivity index is 1.58. The number of nitrogens with one attached hydrogen (secondary N) is 1. The first-order chi connectivity index (χ1) is 11.6. The number of hydrogen-bond donors (Lipinski definition) is 1. The van der Waals surface area contributed by atoms with Gasteiger partial charge < -0.3 is 10.2 Å². The lowest BCUT2D eigenvalue weighted by Crippen LogP contribution is -2.35. The van der Waals surface area contributed by atoms with Gasteiger partial charge in [0.25, 0.3) is 0 Å². The molecular weight excluding hydrogens is 304 g/mol. The first-order valence-electron chi connectivity index (χ1n) is 8.07. The van der Waals surface area contributed by atoms with E-state index in [2.05, 4.69) is 21.5 Å². The molecule has 1 saturated carbocycles. The summed E-state index contributed by atoms with van der Waals surface area (Å²) in [7, 11) is 1.84. The van der Waals surface area contributed by atoms with Gasteiger partial charge in [-0.15, -0.1) is 0 Å². The van der Waals surface area contributed by atoms with Crippen LogP contribution in [0.3, 0.4) is 0 Å². The van der Waals surface area contributed by atoms with E-state index in [0.717, 1.165) is 24.2 Å². The fourth-order valence-electron chi connectivity index (χ4n) is 3.42. The molecule has 1 N–H and O–H groups in total. The van der Waals surface area contributed by atoms with Gasteiger partial charge in [-0.05, 0) is 31.2 Å². The summed E-state index contributed by atoms with van der Waals surface area (Å²) in [5.74, 6) is 0.815. The standard InChI is InChI=1S/C17H18N6O/c1-22-10-13(9-20-22)21-15-8-14(4-6-19-15)23-7-5-17(11-18,16(23)24)12-2-3-12/h4,6,8-10,12H,2-3,5,7H2,1H3,(H,19,21). The summed E-state index contributed by atoms with van der Waals surface area (Å²) in [6.07, 6.45) is 7.81. The fraction of sp³-hybridized carbons (Fsp3) is 0.412. The normalized spacial score (nSPS) is 23.3. The van der Waals surface area contributed by atoms with E-state index in [4.69, 9.17) is 0 Å². The predicted octanol–water partition coefficient (Wildman–Crippen LogP) is 2.22. The van der Waals surface area contributed by atoms with Gasteiger partial charge in [-0.3, -0.25) is 9.48 Å². The molecular formula is C17H18N6O. The van der Waals surface area contributed by atoms with Crippen LogP contribution in [-0.4, -0.2) is 27.2 Å². The minimum Gasteiger partial charge on any atom is -0.338 e. The fourth-order valence-corrected chi connectivity index (χ4v) is 3.42. The highest BCUT2D eigenvalue weighted by molar-refractivity contribution is 6.02. The van der Waals surface area contributed by atoms with Crippen LogP contribution in [0.4, 0.5) is 17.2 Å². The van der Waals surface area contributed by atoms with Crippen LogP contribution in [-0.2, 0) is 11.8 Å². The minimum absolute atomic E-state index is 0.0639. The molecule has 122 valence electrons. The number of carbonyl (C=O) groups is 1. The second-order valence-corrected chi connectivity index (χ2v) is 6.49. The number of anilines is 3. The van der Waals surface area contributed by atoms with Crippen molar-refractivity contribution in [1.29, 1.82) is 5.26 Å². The number of aromatic nitrogens is 3. The number of nitrogens with zero attached hydrogens (tertiary/aromatic N) is 5. The molecule has 1 aliphatic heterocycles. The van der Waals surface area contributed by atoms with Crippen molar-refractivity contribution in [2.45, 2.75) is 19.3 Å². The van der Waals surface area contributed by atoms with Gasteiger partial charge in [-0.25, -0.2) is 4.98 Å². The van der Waals surface area contributed by atoms with E-state index in [9.17, 15) is 10.1 Å². The highest BCUT2D eigenvalue weighted by Crippen LogP contribution is 2.51. The monoisotopic (exact) mass is 322 g/mol. The number of hydrogen-bond acceptors (Lipinski definition) is 5. The maximum atomic E-state index is 12.9. The maximum absolute atomic E-state index is 12.9. The average Bonchev–Trinajstić information content (AvgIpc) is 3.27. The Morgan fingerprint density at radius 3 is 2.96 bits per heavy atom. The first-order valence-corrected chi connectivity index (χ1v) is 8.07. The first kappa shape index (κ1) is 14.7. The highest BCUT2D eigenvalue weighted by Gasteiger charge is 2.56. The van der Waals surface area contributed by atoms with Crippen molar-refractivity contribution in [3.63, 3.8) is 0 Å². The van der Waals surface area contributed by atoms with Gasteiger partial charge in [0.2, 0.25) is 5.91 Å². The molecule has 1 atom stereocenters. The third-order valence-corrected chi connectivity index (χ3v) is 4.86. The quantitative estimate of drug-likeness (QED) is 0.932. The number of rotatable bonds is 4. The third-order valence-electron chi connectivity index (χ3n) is 4.86. The molecule has 4 rings (SSSR count). The van der Waals surface area contributed by atoms with E-state index in [-0.39, 0.29) is 11.8 Å². The van der Waals surface area contributed by atoms with E-state index in [0.29, 0.717) is 18.8 Å². The van der Waals surface area contributed by atoms with Crippen LogP contribution in [0.2, 0.25) is 0 Å². The summed E-state index contributed by atoms with van der Waals surface area (Å²) in [6.45, 7) is 0.583. The summed E-state index contributed by atoms with van der Waals surface area (Å²) in [5, 5.41) is 16.9. The Bertz CT molecular complexity index is 834. The van der Waals surface area contributed by atoms with Gasteiger partial charge in [-0.2, -0.15) is 10.4 Å². The molecule has 0 bridgehead atoms. The van der Waals surface area contributed by atoms with Gasteiger partial charge in [0, 0.05) is 37.7 Å². The average molecular weight is 322 g/mol. The molecule has 24 heavy (non-hydrogen) atoms. The van der Waals surface area contributed by atoms with Crippen LogP contribution in [0, 0.1) is 22.7 Å². The molecule has 1 unspecified atom stereocenters. The Hall–Kier alpha value is -2.88. The molecule has 7 nitrogen and oxygen atoms in total. The van der Waals surface area contributed by atoms with E-state index in [1.54, 1.807) is 22.0 Å². The van der Waals surface area contributed by atoms with Crippen molar-refractivity contribution in [3.05, 3.63) is 30.7 Å². The van der Waals surface area contributed by atoms with E-state index in [1.165, 1.54) is 0 Å². The van der Waals surface area contributed by atoms with Crippen LogP contribution in [0.5, 0.6) is 0 Å². The largest absolute Gasteiger partial charge is 0.338 e. The Morgan fingerprint density at radius 1 is 1.46 bits per heavy atom. The Morgan fingerprint density at radius 2 is 2.29 bits per heavy atom. The maximum Gasteiger partial charge on any atom is 0.247 e. The molecule has 7 heteroatoms. The molecule has 0 radical (unpaired) electrons. The van der Waals surface area contributed by atoms with Crippen LogP contribution in [0.1, 0.15) is 19.3 Å². The lowest BCUT2D eigenvalue weighted by molar-refractivity contribution is -0.123. The van der Waals surface area contributed by atoms with E-state index in [1.807, 2.05) is 25.4 Å². The summed E-state index contributed by atoms with van der Waals surface area (Å²) in [4.78, 5) is 18.9. The molecule has 1 aliphatic carbocycles. The Kier molecular flexibility index (Phi) is 3.27. The van der Waals surface area contributed by atoms with Crippen molar-refractivity contribution < 1.29 is 4.79 Å². The summed E-state index contributed by atoms with van der Waals surface area (Å²) in [5.41, 5.74) is 0.790. The number of aryl methyl sites for hydroxylation is 1. The number of nitriles is 1. The molecule has 1 saturated heterocycles. The van der Waals surface area contributed by atoms with Crippen molar-refractivity contribution in [3.8, 4) is 6.07 Å². The molecule has 2 aliphatic rings. The predicted molar refractivity (Wildman–Crippen MR) is 88.5 cm³/mol. The lowest BCUT2D eigenvalue weighted by Gasteiger charge is -2.21. The summed E-state index contributed by atoms with van der Waals surface area (Å²) >= 11 is 0. The van der Waals surface area contributed by atoms with Crippen molar-refractivity contribution >= 4 is 23.1 Å². The SMILES string of the molecule is Cn1cc(Nc2cc(N3CCC(C#N)(C4CC4)C3=O)ccn2)cn1. The van der Waals surface area contributed by atoms with E-state index >= 15 is 0 Å². The van der Waals surface area contributed by atoms with Gasteiger partial charge >= 0.3 is 0 Å². The van der Waals surface area contributed by atoms with Gasteiger partial charge in [-0.1, -0.05) is 0 Å². The minimum atomic E-state index is -0.819. The van der Waals surface area contributed by atoms with Crippen LogP contribution in [0.25, 0.3) is 0 Å². The Labute approximate surface area is 139 Å². The van der Waals surface area contributed by atoms with Gasteiger partial charge in [0.15, 0.2) is 0 Å². The third kappa shape index (κ3) is 2.31. The topological polar surface area (TPSA) is 86.8 Å².